The Morgan fingerprint density at radius 3 is 3.19 bits per heavy atom. The summed E-state index contributed by atoms with van der Waals surface area (Å²) in [5, 5.41) is 19.8. The van der Waals surface area contributed by atoms with Crippen molar-refractivity contribution in [3.63, 3.8) is 0 Å². The molecule has 8 heteroatoms. The van der Waals surface area contributed by atoms with Gasteiger partial charge in [0.15, 0.2) is 0 Å². The van der Waals surface area contributed by atoms with Crippen LogP contribution in [0.3, 0.4) is 0 Å². The molecule has 16 heavy (non-hydrogen) atoms. The minimum Gasteiger partial charge on any atom is -0.348 e. The van der Waals surface area contributed by atoms with E-state index in [-0.39, 0.29) is 18.5 Å². The van der Waals surface area contributed by atoms with Crippen molar-refractivity contribution in [3.05, 3.63) is 24.3 Å². The molecule has 2 aromatic rings. The molecule has 0 aromatic carbocycles. The highest BCUT2D eigenvalue weighted by atomic mass is 16.2. The van der Waals surface area contributed by atoms with Gasteiger partial charge in [0.1, 0.15) is 12.9 Å². The van der Waals surface area contributed by atoms with Gasteiger partial charge in [0.25, 0.3) is 0 Å². The third-order valence-electron chi connectivity index (χ3n) is 2.09. The van der Waals surface area contributed by atoms with Crippen LogP contribution in [0.1, 0.15) is 18.5 Å². The first-order chi connectivity index (χ1) is 7.75. The first kappa shape index (κ1) is 10.3. The minimum atomic E-state index is -0.152. The fraction of sp³-hybridized carbons (Fsp3) is 0.375. The van der Waals surface area contributed by atoms with Gasteiger partial charge in [-0.05, 0) is 17.4 Å². The molecule has 1 amide bonds. The van der Waals surface area contributed by atoms with Crippen molar-refractivity contribution >= 4 is 5.91 Å². The van der Waals surface area contributed by atoms with Gasteiger partial charge in [-0.15, -0.1) is 5.10 Å². The highest BCUT2D eigenvalue weighted by Crippen LogP contribution is 2.08. The largest absolute Gasteiger partial charge is 0.348 e. The van der Waals surface area contributed by atoms with Crippen molar-refractivity contribution in [1.82, 2.24) is 35.7 Å². The first-order valence-corrected chi connectivity index (χ1v) is 4.74. The number of aromatic nitrogens is 6. The van der Waals surface area contributed by atoms with Crippen molar-refractivity contribution in [2.75, 3.05) is 0 Å². The van der Waals surface area contributed by atoms with Crippen LogP contribution in [0, 0.1) is 0 Å². The molecule has 0 aliphatic carbocycles. The summed E-state index contributed by atoms with van der Waals surface area (Å²) < 4.78 is 1.36. The summed E-state index contributed by atoms with van der Waals surface area (Å²) in [6.45, 7) is 1.98. The Hall–Kier alpha value is -2.25. The number of hydrogen-bond donors (Lipinski definition) is 2. The van der Waals surface area contributed by atoms with Crippen LogP contribution in [-0.2, 0) is 11.3 Å². The molecule has 0 saturated carbocycles. The molecular formula is C8H11N7O. The van der Waals surface area contributed by atoms with Crippen molar-refractivity contribution in [3.8, 4) is 0 Å². The maximum atomic E-state index is 11.6. The van der Waals surface area contributed by atoms with Crippen LogP contribution in [0.25, 0.3) is 0 Å². The highest BCUT2D eigenvalue weighted by molar-refractivity contribution is 5.76. The van der Waals surface area contributed by atoms with E-state index in [0.717, 1.165) is 5.56 Å². The van der Waals surface area contributed by atoms with Crippen molar-refractivity contribution < 1.29 is 4.79 Å². The average Bonchev–Trinajstić information content (AvgIpc) is 2.88. The van der Waals surface area contributed by atoms with Gasteiger partial charge in [0.05, 0.1) is 12.2 Å². The number of aromatic amines is 1. The van der Waals surface area contributed by atoms with Gasteiger partial charge in [0.2, 0.25) is 5.91 Å². The Balaban J connectivity index is 1.88. The number of amides is 1. The van der Waals surface area contributed by atoms with Gasteiger partial charge in [0, 0.05) is 11.8 Å². The molecule has 0 spiro atoms. The summed E-state index contributed by atoms with van der Waals surface area (Å²) in [4.78, 5) is 11.6. The Bertz CT molecular complexity index is 435. The lowest BCUT2D eigenvalue weighted by Crippen LogP contribution is -2.30. The normalized spacial score (nSPS) is 12.3. The molecule has 84 valence electrons. The van der Waals surface area contributed by atoms with E-state index in [1.54, 1.807) is 12.4 Å². The number of tetrazole rings is 1. The zero-order valence-electron chi connectivity index (χ0n) is 8.66. The topological polar surface area (TPSA) is 101 Å². The second-order valence-electron chi connectivity index (χ2n) is 3.33. The molecule has 2 heterocycles. The van der Waals surface area contributed by atoms with Crippen LogP contribution in [0.2, 0.25) is 0 Å². The van der Waals surface area contributed by atoms with E-state index in [4.69, 9.17) is 0 Å². The second-order valence-corrected chi connectivity index (χ2v) is 3.33. The van der Waals surface area contributed by atoms with E-state index >= 15 is 0 Å². The van der Waals surface area contributed by atoms with Gasteiger partial charge in [-0.1, -0.05) is 0 Å². The zero-order chi connectivity index (χ0) is 11.4. The molecule has 1 unspecified atom stereocenters. The van der Waals surface area contributed by atoms with Crippen molar-refractivity contribution in [1.29, 1.82) is 0 Å². The van der Waals surface area contributed by atoms with Crippen LogP contribution >= 0.6 is 0 Å². The molecule has 2 rings (SSSR count). The predicted molar refractivity (Wildman–Crippen MR) is 53.0 cm³/mol. The molecule has 2 aromatic heterocycles. The lowest BCUT2D eigenvalue weighted by Gasteiger charge is -2.11. The maximum Gasteiger partial charge on any atom is 0.242 e. The predicted octanol–water partition coefficient (Wildman–Crippen LogP) is -0.726. The monoisotopic (exact) mass is 221 g/mol. The Kier molecular flexibility index (Phi) is 2.90. The number of nitrogens with one attached hydrogen (secondary N) is 2. The SMILES string of the molecule is CC(NC(=O)Cn1cnnn1)c1cn[nH]c1. The summed E-state index contributed by atoms with van der Waals surface area (Å²) in [5.74, 6) is -0.152. The van der Waals surface area contributed by atoms with E-state index in [2.05, 4.69) is 31.0 Å². The van der Waals surface area contributed by atoms with E-state index in [1.807, 2.05) is 6.92 Å². The number of carbonyl (C=O) groups is 1. The quantitative estimate of drug-likeness (QED) is 0.709. The second kappa shape index (κ2) is 4.51. The van der Waals surface area contributed by atoms with E-state index in [0.29, 0.717) is 0 Å². The molecule has 0 bridgehead atoms. The Morgan fingerprint density at radius 1 is 1.69 bits per heavy atom. The molecular weight excluding hydrogens is 210 g/mol. The van der Waals surface area contributed by atoms with Gasteiger partial charge in [-0.2, -0.15) is 5.10 Å². The highest BCUT2D eigenvalue weighted by Gasteiger charge is 2.10. The molecule has 0 saturated heterocycles. The molecule has 0 aliphatic heterocycles. The summed E-state index contributed by atoms with van der Waals surface area (Å²) in [6.07, 6.45) is 4.80. The number of nitrogens with zero attached hydrogens (tertiary/aromatic N) is 5. The fourth-order valence-electron chi connectivity index (χ4n) is 1.27. The lowest BCUT2D eigenvalue weighted by molar-refractivity contribution is -0.122. The number of hydrogen-bond acceptors (Lipinski definition) is 5. The summed E-state index contributed by atoms with van der Waals surface area (Å²) >= 11 is 0. The number of H-pyrrole nitrogens is 1. The first-order valence-electron chi connectivity index (χ1n) is 4.74. The van der Waals surface area contributed by atoms with Crippen molar-refractivity contribution in [2.45, 2.75) is 19.5 Å². The Labute approximate surface area is 91.0 Å². The molecule has 1 atom stereocenters. The van der Waals surface area contributed by atoms with Gasteiger partial charge < -0.3 is 5.32 Å². The van der Waals surface area contributed by atoms with Gasteiger partial charge in [-0.3, -0.25) is 9.89 Å². The van der Waals surface area contributed by atoms with Gasteiger partial charge >= 0.3 is 0 Å². The van der Waals surface area contributed by atoms with Crippen LogP contribution in [0.15, 0.2) is 18.7 Å². The van der Waals surface area contributed by atoms with Crippen molar-refractivity contribution in [2.24, 2.45) is 0 Å². The third-order valence-corrected chi connectivity index (χ3v) is 2.09. The van der Waals surface area contributed by atoms with E-state index < -0.39 is 0 Å². The van der Waals surface area contributed by atoms with Crippen LogP contribution < -0.4 is 5.32 Å². The third kappa shape index (κ3) is 2.41. The van der Waals surface area contributed by atoms with Gasteiger partial charge in [-0.25, -0.2) is 4.68 Å². The standard InChI is InChI=1S/C8H11N7O/c1-6(7-2-9-10-3-7)12-8(16)4-15-5-11-13-14-15/h2-3,5-6H,4H2,1H3,(H,9,10)(H,12,16). The summed E-state index contributed by atoms with van der Waals surface area (Å²) in [5.41, 5.74) is 0.921. The number of rotatable bonds is 4. The Morgan fingerprint density at radius 2 is 2.56 bits per heavy atom. The van der Waals surface area contributed by atoms with Crippen LogP contribution in [-0.4, -0.2) is 36.3 Å². The van der Waals surface area contributed by atoms with Crippen LogP contribution in [0.5, 0.6) is 0 Å². The number of carbonyl (C=O) groups excluding carboxylic acids is 1. The maximum absolute atomic E-state index is 11.6. The molecule has 0 radical (unpaired) electrons. The molecule has 2 N–H and O–H groups in total. The molecule has 0 aliphatic rings. The molecule has 8 nitrogen and oxygen atoms in total. The fourth-order valence-corrected chi connectivity index (χ4v) is 1.27. The minimum absolute atomic E-state index is 0.0947. The summed E-state index contributed by atoms with van der Waals surface area (Å²) in [7, 11) is 0. The smallest absolute Gasteiger partial charge is 0.242 e. The van der Waals surface area contributed by atoms with E-state index in [1.165, 1.54) is 11.0 Å². The van der Waals surface area contributed by atoms with E-state index in [9.17, 15) is 4.79 Å². The zero-order valence-corrected chi connectivity index (χ0v) is 8.66. The molecule has 0 fully saturated rings. The van der Waals surface area contributed by atoms with Crippen LogP contribution in [0.4, 0.5) is 0 Å². The summed E-state index contributed by atoms with van der Waals surface area (Å²) in [6, 6.07) is -0.0947. The lowest BCUT2D eigenvalue weighted by atomic mass is 10.2. The average molecular weight is 221 g/mol.